The van der Waals surface area contributed by atoms with Gasteiger partial charge in [0.05, 0.1) is 0 Å². The second-order valence-electron chi connectivity index (χ2n) is 5.34. The van der Waals surface area contributed by atoms with Gasteiger partial charge in [0.2, 0.25) is 0 Å². The van der Waals surface area contributed by atoms with Gasteiger partial charge in [-0.2, -0.15) is 0 Å². The van der Waals surface area contributed by atoms with E-state index in [-0.39, 0.29) is 5.78 Å². The maximum Gasteiger partial charge on any atom is 0.193 e. The Morgan fingerprint density at radius 1 is 0.773 bits per heavy atom. The summed E-state index contributed by atoms with van der Waals surface area (Å²) in [5.41, 5.74) is 11.0. The van der Waals surface area contributed by atoms with Crippen LogP contribution in [0, 0.1) is 6.92 Å². The lowest BCUT2D eigenvalue weighted by Gasteiger charge is -2.06. The molecule has 0 aromatic heterocycles. The maximum atomic E-state index is 12.5. The van der Waals surface area contributed by atoms with Crippen molar-refractivity contribution in [3.63, 3.8) is 0 Å². The summed E-state index contributed by atoms with van der Waals surface area (Å²) >= 11 is 0. The molecule has 0 bridgehead atoms. The number of ketones is 1. The summed E-state index contributed by atoms with van der Waals surface area (Å²) in [4.78, 5) is 12.5. The molecule has 3 aromatic rings. The first kappa shape index (κ1) is 14.1. The largest absolute Gasteiger partial charge is 0.399 e. The van der Waals surface area contributed by atoms with E-state index < -0.39 is 0 Å². The summed E-state index contributed by atoms with van der Waals surface area (Å²) in [6.07, 6.45) is 0. The highest BCUT2D eigenvalue weighted by molar-refractivity contribution is 6.09. The summed E-state index contributed by atoms with van der Waals surface area (Å²) in [5, 5.41) is 0. The van der Waals surface area contributed by atoms with Crippen molar-refractivity contribution in [2.45, 2.75) is 6.92 Å². The van der Waals surface area contributed by atoms with Crippen molar-refractivity contribution in [3.05, 3.63) is 89.5 Å². The number of benzene rings is 3. The Morgan fingerprint density at radius 2 is 1.36 bits per heavy atom. The second kappa shape index (κ2) is 5.86. The lowest BCUT2D eigenvalue weighted by molar-refractivity contribution is 0.103. The Hall–Kier alpha value is -2.87. The van der Waals surface area contributed by atoms with Crippen LogP contribution >= 0.6 is 0 Å². The Labute approximate surface area is 130 Å². The minimum atomic E-state index is 0.0164. The van der Waals surface area contributed by atoms with E-state index in [4.69, 9.17) is 5.73 Å². The van der Waals surface area contributed by atoms with Crippen molar-refractivity contribution in [2.75, 3.05) is 5.73 Å². The number of nitrogens with two attached hydrogens (primary N) is 1. The normalized spacial score (nSPS) is 10.4. The first-order valence-electron chi connectivity index (χ1n) is 7.21. The highest BCUT2D eigenvalue weighted by Gasteiger charge is 2.10. The summed E-state index contributed by atoms with van der Waals surface area (Å²) in [7, 11) is 0. The molecule has 0 atom stereocenters. The minimum absolute atomic E-state index is 0.0164. The molecule has 3 rings (SSSR count). The lowest BCUT2D eigenvalue weighted by atomic mass is 9.98. The topological polar surface area (TPSA) is 43.1 Å². The van der Waals surface area contributed by atoms with Gasteiger partial charge < -0.3 is 5.73 Å². The zero-order valence-corrected chi connectivity index (χ0v) is 12.4. The fourth-order valence-corrected chi connectivity index (χ4v) is 2.43. The van der Waals surface area contributed by atoms with E-state index in [9.17, 15) is 4.79 Å². The van der Waals surface area contributed by atoms with Crippen LogP contribution in [0.1, 0.15) is 21.5 Å². The summed E-state index contributed by atoms with van der Waals surface area (Å²) in [5.74, 6) is 0.0164. The van der Waals surface area contributed by atoms with E-state index in [1.165, 1.54) is 0 Å². The molecule has 0 aliphatic heterocycles. The molecule has 0 saturated carbocycles. The van der Waals surface area contributed by atoms with Crippen molar-refractivity contribution < 1.29 is 4.79 Å². The van der Waals surface area contributed by atoms with Crippen LogP contribution in [0.2, 0.25) is 0 Å². The van der Waals surface area contributed by atoms with Gasteiger partial charge in [0.1, 0.15) is 0 Å². The van der Waals surface area contributed by atoms with Gasteiger partial charge in [0, 0.05) is 16.8 Å². The van der Waals surface area contributed by atoms with Gasteiger partial charge in [-0.25, -0.2) is 0 Å². The summed E-state index contributed by atoms with van der Waals surface area (Å²) in [6.45, 7) is 1.91. The number of hydrogen-bond acceptors (Lipinski definition) is 2. The molecule has 0 aliphatic rings. The molecular weight excluding hydrogens is 270 g/mol. The first-order valence-corrected chi connectivity index (χ1v) is 7.21. The zero-order valence-electron chi connectivity index (χ0n) is 12.4. The van der Waals surface area contributed by atoms with Gasteiger partial charge in [0.15, 0.2) is 5.78 Å². The van der Waals surface area contributed by atoms with E-state index >= 15 is 0 Å². The highest BCUT2D eigenvalue weighted by atomic mass is 16.1. The monoisotopic (exact) mass is 287 g/mol. The number of hydrogen-bond donors (Lipinski definition) is 1. The fraction of sp³-hybridized carbons (Fsp3) is 0.0500. The molecule has 22 heavy (non-hydrogen) atoms. The molecule has 0 amide bonds. The van der Waals surface area contributed by atoms with Crippen LogP contribution in [-0.4, -0.2) is 5.78 Å². The smallest absolute Gasteiger partial charge is 0.193 e. The predicted molar refractivity (Wildman–Crippen MR) is 90.9 cm³/mol. The number of rotatable bonds is 3. The Balaban J connectivity index is 1.89. The molecule has 2 heteroatoms. The summed E-state index contributed by atoms with van der Waals surface area (Å²) in [6, 6.07) is 23.2. The lowest BCUT2D eigenvalue weighted by Crippen LogP contribution is -2.02. The standard InChI is InChI=1S/C20H17NO/c1-14-13-18(11-12-19(14)21)20(22)17-9-7-16(8-10-17)15-5-3-2-4-6-15/h2-13H,21H2,1H3. The van der Waals surface area contributed by atoms with E-state index in [1.807, 2.05) is 55.5 Å². The fourth-order valence-electron chi connectivity index (χ4n) is 2.43. The summed E-state index contributed by atoms with van der Waals surface area (Å²) < 4.78 is 0. The molecule has 0 heterocycles. The Morgan fingerprint density at radius 3 is 2.00 bits per heavy atom. The van der Waals surface area contributed by atoms with Gasteiger partial charge in [-0.1, -0.05) is 54.6 Å². The van der Waals surface area contributed by atoms with E-state index in [0.717, 1.165) is 16.7 Å². The molecule has 0 fully saturated rings. The van der Waals surface area contributed by atoms with Crippen LogP contribution in [0.3, 0.4) is 0 Å². The molecule has 108 valence electrons. The maximum absolute atomic E-state index is 12.5. The van der Waals surface area contributed by atoms with Crippen LogP contribution in [0.5, 0.6) is 0 Å². The van der Waals surface area contributed by atoms with Gasteiger partial charge in [-0.3, -0.25) is 4.79 Å². The van der Waals surface area contributed by atoms with Crippen LogP contribution in [-0.2, 0) is 0 Å². The molecule has 0 saturated heterocycles. The van der Waals surface area contributed by atoms with Crippen LogP contribution in [0.15, 0.2) is 72.8 Å². The molecule has 0 unspecified atom stereocenters. The third-order valence-electron chi connectivity index (χ3n) is 3.79. The van der Waals surface area contributed by atoms with E-state index in [1.54, 1.807) is 12.1 Å². The second-order valence-corrected chi connectivity index (χ2v) is 5.34. The van der Waals surface area contributed by atoms with E-state index in [0.29, 0.717) is 16.8 Å². The molecule has 0 spiro atoms. The van der Waals surface area contributed by atoms with Gasteiger partial charge >= 0.3 is 0 Å². The third kappa shape index (κ3) is 2.77. The van der Waals surface area contributed by atoms with Crippen molar-refractivity contribution in [3.8, 4) is 11.1 Å². The van der Waals surface area contributed by atoms with Crippen molar-refractivity contribution in [1.29, 1.82) is 0 Å². The Kier molecular flexibility index (Phi) is 3.75. The van der Waals surface area contributed by atoms with Crippen molar-refractivity contribution in [1.82, 2.24) is 0 Å². The predicted octanol–water partition coefficient (Wildman–Crippen LogP) is 4.48. The number of anilines is 1. The Bertz CT molecular complexity index is 805. The molecule has 2 nitrogen and oxygen atoms in total. The van der Waals surface area contributed by atoms with Gasteiger partial charge in [-0.15, -0.1) is 0 Å². The highest BCUT2D eigenvalue weighted by Crippen LogP contribution is 2.21. The van der Waals surface area contributed by atoms with Crippen LogP contribution in [0.25, 0.3) is 11.1 Å². The number of nitrogen functional groups attached to an aromatic ring is 1. The van der Waals surface area contributed by atoms with Crippen molar-refractivity contribution in [2.24, 2.45) is 0 Å². The molecule has 3 aromatic carbocycles. The third-order valence-corrected chi connectivity index (χ3v) is 3.79. The quantitative estimate of drug-likeness (QED) is 0.570. The number of carbonyl (C=O) groups is 1. The number of carbonyl (C=O) groups excluding carboxylic acids is 1. The minimum Gasteiger partial charge on any atom is -0.399 e. The van der Waals surface area contributed by atoms with Gasteiger partial charge in [0.25, 0.3) is 0 Å². The van der Waals surface area contributed by atoms with Crippen molar-refractivity contribution >= 4 is 11.5 Å². The molecule has 2 N–H and O–H groups in total. The first-order chi connectivity index (χ1) is 10.6. The number of aryl methyl sites for hydroxylation is 1. The molecular formula is C20H17NO. The average molecular weight is 287 g/mol. The zero-order chi connectivity index (χ0) is 15.5. The van der Waals surface area contributed by atoms with Crippen LogP contribution < -0.4 is 5.73 Å². The molecule has 0 radical (unpaired) electrons. The molecule has 0 aliphatic carbocycles. The average Bonchev–Trinajstić information content (AvgIpc) is 2.58. The van der Waals surface area contributed by atoms with Gasteiger partial charge in [-0.05, 0) is 41.8 Å². The van der Waals surface area contributed by atoms with E-state index in [2.05, 4.69) is 12.1 Å². The SMILES string of the molecule is Cc1cc(C(=O)c2ccc(-c3ccccc3)cc2)ccc1N. The van der Waals surface area contributed by atoms with Crippen LogP contribution in [0.4, 0.5) is 5.69 Å².